The van der Waals surface area contributed by atoms with Gasteiger partial charge in [-0.25, -0.2) is 4.79 Å². The van der Waals surface area contributed by atoms with Gasteiger partial charge in [-0.15, -0.1) is 0 Å². The van der Waals surface area contributed by atoms with Crippen molar-refractivity contribution in [3.63, 3.8) is 0 Å². The second kappa shape index (κ2) is 7.71. The number of allylic oxidation sites excluding steroid dienone is 3. The van der Waals surface area contributed by atoms with Crippen LogP contribution in [0.1, 0.15) is 40.0 Å². The van der Waals surface area contributed by atoms with Crippen LogP contribution in [0.3, 0.4) is 0 Å². The van der Waals surface area contributed by atoms with Gasteiger partial charge >= 0.3 is 5.97 Å². The first-order valence-electron chi connectivity index (χ1n) is 8.29. The van der Waals surface area contributed by atoms with Gasteiger partial charge in [0.25, 0.3) is 0 Å². The standard InChI is InChI=1S/C21H20N2O2/c1-15-2-4-16(5-3-15)6-7-17-8-9-19(22-12-10-17)20-14-18(21(24)25)11-13-23-20/h2-5,8,10-14H,6-7,9H2,1H3,(H,24,25). The molecule has 1 aliphatic heterocycles. The molecule has 0 radical (unpaired) electrons. The molecule has 0 saturated carbocycles. The Hall–Kier alpha value is -3.01. The maximum Gasteiger partial charge on any atom is 0.335 e. The van der Waals surface area contributed by atoms with Crippen molar-refractivity contribution in [2.45, 2.75) is 26.2 Å². The predicted molar refractivity (Wildman–Crippen MR) is 99.1 cm³/mol. The highest BCUT2D eigenvalue weighted by Gasteiger charge is 2.10. The van der Waals surface area contributed by atoms with E-state index in [0.717, 1.165) is 18.6 Å². The number of aromatic nitrogens is 1. The van der Waals surface area contributed by atoms with Crippen molar-refractivity contribution < 1.29 is 9.90 Å². The van der Waals surface area contributed by atoms with E-state index in [1.165, 1.54) is 29.0 Å². The Morgan fingerprint density at radius 3 is 2.72 bits per heavy atom. The predicted octanol–water partition coefficient (Wildman–Crippen LogP) is 4.35. The lowest BCUT2D eigenvalue weighted by atomic mass is 10.0. The molecule has 0 aliphatic carbocycles. The lowest BCUT2D eigenvalue weighted by Gasteiger charge is -2.04. The number of carboxylic acids is 1. The van der Waals surface area contributed by atoms with Crippen LogP contribution in [0.5, 0.6) is 0 Å². The summed E-state index contributed by atoms with van der Waals surface area (Å²) in [7, 11) is 0. The van der Waals surface area contributed by atoms with Crippen molar-refractivity contribution in [2.75, 3.05) is 0 Å². The zero-order valence-corrected chi connectivity index (χ0v) is 14.1. The summed E-state index contributed by atoms with van der Waals surface area (Å²) in [5.41, 5.74) is 5.44. The summed E-state index contributed by atoms with van der Waals surface area (Å²) in [5.74, 6) is -0.956. The monoisotopic (exact) mass is 332 g/mol. The average Bonchev–Trinajstić information content (AvgIpc) is 2.87. The summed E-state index contributed by atoms with van der Waals surface area (Å²) in [6, 6.07) is 11.7. The van der Waals surface area contributed by atoms with Crippen molar-refractivity contribution in [1.29, 1.82) is 0 Å². The molecule has 0 bridgehead atoms. The van der Waals surface area contributed by atoms with E-state index in [1.807, 2.05) is 6.08 Å². The first kappa shape index (κ1) is 16.8. The minimum Gasteiger partial charge on any atom is -0.478 e. The van der Waals surface area contributed by atoms with Crippen LogP contribution in [-0.2, 0) is 6.42 Å². The van der Waals surface area contributed by atoms with Gasteiger partial charge in [0.05, 0.1) is 17.0 Å². The lowest BCUT2D eigenvalue weighted by molar-refractivity contribution is 0.0696. The van der Waals surface area contributed by atoms with Crippen LogP contribution in [0.4, 0.5) is 0 Å². The minimum absolute atomic E-state index is 0.226. The van der Waals surface area contributed by atoms with Gasteiger partial charge in [-0.05, 0) is 49.1 Å². The van der Waals surface area contributed by atoms with Gasteiger partial charge in [-0.1, -0.05) is 35.9 Å². The van der Waals surface area contributed by atoms with Crippen LogP contribution < -0.4 is 0 Å². The topological polar surface area (TPSA) is 62.5 Å². The van der Waals surface area contributed by atoms with Crippen molar-refractivity contribution in [3.8, 4) is 0 Å². The number of nitrogens with zero attached hydrogens (tertiary/aromatic N) is 2. The first-order chi connectivity index (χ1) is 12.1. The maximum absolute atomic E-state index is 11.1. The highest BCUT2D eigenvalue weighted by atomic mass is 16.4. The number of aromatic carboxylic acids is 1. The molecule has 3 rings (SSSR count). The third-order valence-corrected chi connectivity index (χ3v) is 4.20. The first-order valence-corrected chi connectivity index (χ1v) is 8.29. The van der Waals surface area contributed by atoms with Crippen LogP contribution in [-0.4, -0.2) is 21.8 Å². The zero-order chi connectivity index (χ0) is 17.6. The quantitative estimate of drug-likeness (QED) is 0.885. The van der Waals surface area contributed by atoms with Crippen LogP contribution in [0.2, 0.25) is 0 Å². The van der Waals surface area contributed by atoms with Crippen LogP contribution >= 0.6 is 0 Å². The number of benzene rings is 1. The second-order valence-electron chi connectivity index (χ2n) is 6.10. The van der Waals surface area contributed by atoms with Crippen molar-refractivity contribution >= 4 is 11.7 Å². The van der Waals surface area contributed by atoms with E-state index in [-0.39, 0.29) is 5.56 Å². The third-order valence-electron chi connectivity index (χ3n) is 4.20. The molecule has 2 heterocycles. The molecule has 0 atom stereocenters. The number of aryl methyl sites for hydroxylation is 2. The molecule has 1 aromatic carbocycles. The Bertz CT molecular complexity index is 862. The Balaban J connectivity index is 1.67. The molecule has 4 heteroatoms. The van der Waals surface area contributed by atoms with E-state index in [1.54, 1.807) is 12.3 Å². The summed E-state index contributed by atoms with van der Waals surface area (Å²) in [4.78, 5) is 19.8. The molecule has 25 heavy (non-hydrogen) atoms. The SMILES string of the molecule is Cc1ccc(CCC2=CCC(c3cc(C(=O)O)ccn3)=NC=C2)cc1. The van der Waals surface area contributed by atoms with Gasteiger partial charge in [-0.3, -0.25) is 9.98 Å². The Morgan fingerprint density at radius 1 is 1.16 bits per heavy atom. The van der Waals surface area contributed by atoms with E-state index < -0.39 is 5.97 Å². The van der Waals surface area contributed by atoms with E-state index in [2.05, 4.69) is 47.2 Å². The lowest BCUT2D eigenvalue weighted by Crippen LogP contribution is -2.05. The van der Waals surface area contributed by atoms with Crippen molar-refractivity contribution in [2.24, 2.45) is 4.99 Å². The molecule has 0 saturated heterocycles. The van der Waals surface area contributed by atoms with Gasteiger partial charge in [-0.2, -0.15) is 0 Å². The van der Waals surface area contributed by atoms with Crippen molar-refractivity contribution in [3.05, 3.63) is 88.9 Å². The summed E-state index contributed by atoms with van der Waals surface area (Å²) >= 11 is 0. The molecule has 0 spiro atoms. The van der Waals surface area contributed by atoms with E-state index in [0.29, 0.717) is 12.1 Å². The number of hydrogen-bond acceptors (Lipinski definition) is 3. The summed E-state index contributed by atoms with van der Waals surface area (Å²) in [5, 5.41) is 9.11. The Morgan fingerprint density at radius 2 is 1.96 bits per heavy atom. The van der Waals surface area contributed by atoms with Crippen LogP contribution in [0.25, 0.3) is 0 Å². The van der Waals surface area contributed by atoms with E-state index >= 15 is 0 Å². The van der Waals surface area contributed by atoms with Crippen LogP contribution in [0.15, 0.2) is 71.5 Å². The fourth-order valence-electron chi connectivity index (χ4n) is 2.69. The normalized spacial score (nSPS) is 13.8. The number of rotatable bonds is 5. The van der Waals surface area contributed by atoms with E-state index in [9.17, 15) is 4.79 Å². The average molecular weight is 332 g/mol. The Kier molecular flexibility index (Phi) is 5.19. The fourth-order valence-corrected chi connectivity index (χ4v) is 2.69. The van der Waals surface area contributed by atoms with E-state index in [4.69, 9.17) is 5.11 Å². The number of carbonyl (C=O) groups is 1. The zero-order valence-electron chi connectivity index (χ0n) is 14.1. The van der Waals surface area contributed by atoms with Gasteiger partial charge in [0.15, 0.2) is 0 Å². The number of hydrogen-bond donors (Lipinski definition) is 1. The summed E-state index contributed by atoms with van der Waals surface area (Å²) in [6.07, 6.45) is 10.0. The third kappa shape index (κ3) is 4.51. The maximum atomic E-state index is 11.1. The van der Waals surface area contributed by atoms with Crippen LogP contribution in [0, 0.1) is 6.92 Å². The van der Waals surface area contributed by atoms with Gasteiger partial charge in [0, 0.05) is 18.8 Å². The fraction of sp³-hybridized carbons (Fsp3) is 0.190. The summed E-state index contributed by atoms with van der Waals surface area (Å²) < 4.78 is 0. The summed E-state index contributed by atoms with van der Waals surface area (Å²) in [6.45, 7) is 2.09. The number of pyridine rings is 1. The molecule has 2 aromatic rings. The molecule has 126 valence electrons. The molecule has 4 nitrogen and oxygen atoms in total. The van der Waals surface area contributed by atoms with Crippen molar-refractivity contribution in [1.82, 2.24) is 4.98 Å². The largest absolute Gasteiger partial charge is 0.478 e. The molecule has 1 aliphatic rings. The molecule has 0 unspecified atom stereocenters. The Labute approximate surface area is 147 Å². The highest BCUT2D eigenvalue weighted by molar-refractivity contribution is 6.02. The molecule has 0 amide bonds. The van der Waals surface area contributed by atoms with Gasteiger partial charge in [0.2, 0.25) is 0 Å². The molecule has 0 fully saturated rings. The highest BCUT2D eigenvalue weighted by Crippen LogP contribution is 2.16. The molecular weight excluding hydrogens is 312 g/mol. The molecule has 1 N–H and O–H groups in total. The molecule has 1 aromatic heterocycles. The number of carboxylic acid groups (broad SMARTS) is 1. The minimum atomic E-state index is -0.956. The van der Waals surface area contributed by atoms with Gasteiger partial charge in [0.1, 0.15) is 0 Å². The molecular formula is C21H20N2O2. The smallest absolute Gasteiger partial charge is 0.335 e. The van der Waals surface area contributed by atoms with Gasteiger partial charge < -0.3 is 5.11 Å². The number of aliphatic imine (C=N–C) groups is 1. The second-order valence-corrected chi connectivity index (χ2v) is 6.10.